The number of anilines is 3. The Labute approximate surface area is 228 Å². The van der Waals surface area contributed by atoms with Gasteiger partial charge in [-0.05, 0) is 67.8 Å². The molecule has 2 saturated heterocycles. The number of carbonyl (C=O) groups excluding carboxylic acids is 1. The molecule has 8 nitrogen and oxygen atoms in total. The van der Waals surface area contributed by atoms with E-state index in [0.717, 1.165) is 30.5 Å². The molecule has 0 aromatic heterocycles. The molecule has 0 atom stereocenters. The molecular weight excluding hydrogens is 519 g/mol. The number of nitrogens with one attached hydrogen (secondary N) is 1. The van der Waals surface area contributed by atoms with Crippen LogP contribution in [0.15, 0.2) is 59.5 Å². The molecule has 6 rings (SSSR count). The molecule has 10 heteroatoms. The van der Waals surface area contributed by atoms with Gasteiger partial charge in [0.25, 0.3) is 5.91 Å². The molecule has 0 saturated carbocycles. The van der Waals surface area contributed by atoms with Gasteiger partial charge in [-0.1, -0.05) is 12.5 Å². The molecule has 0 bridgehead atoms. The Morgan fingerprint density at radius 1 is 0.821 bits per heavy atom. The average molecular weight is 551 g/mol. The van der Waals surface area contributed by atoms with Crippen LogP contribution in [0.2, 0.25) is 0 Å². The number of aryl methyl sites for hydroxylation is 1. The Hall–Kier alpha value is -3.63. The van der Waals surface area contributed by atoms with Crippen molar-refractivity contribution >= 4 is 33.0 Å². The molecule has 3 aromatic carbocycles. The van der Waals surface area contributed by atoms with Crippen LogP contribution in [0.4, 0.5) is 21.5 Å². The maximum atomic E-state index is 14.0. The van der Waals surface area contributed by atoms with Gasteiger partial charge in [0.05, 0.1) is 16.9 Å². The molecule has 3 aromatic rings. The molecule has 3 heterocycles. The van der Waals surface area contributed by atoms with Crippen LogP contribution >= 0.6 is 0 Å². The lowest BCUT2D eigenvalue weighted by atomic mass is 10.1. The summed E-state index contributed by atoms with van der Waals surface area (Å²) in [4.78, 5) is 17.6. The summed E-state index contributed by atoms with van der Waals surface area (Å²) in [6, 6.07) is 15.1. The van der Waals surface area contributed by atoms with Gasteiger partial charge in [0.15, 0.2) is 5.75 Å². The summed E-state index contributed by atoms with van der Waals surface area (Å²) in [6.45, 7) is 5.23. The molecule has 2 fully saturated rings. The second kappa shape index (κ2) is 10.2. The van der Waals surface area contributed by atoms with Crippen molar-refractivity contribution in [2.24, 2.45) is 0 Å². The highest BCUT2D eigenvalue weighted by Crippen LogP contribution is 2.42. The molecule has 0 radical (unpaired) electrons. The number of fused-ring (bicyclic) bond motifs is 2. The summed E-state index contributed by atoms with van der Waals surface area (Å²) in [5.41, 5.74) is 3.16. The zero-order chi connectivity index (χ0) is 27.1. The van der Waals surface area contributed by atoms with Crippen LogP contribution in [0.25, 0.3) is 0 Å². The molecule has 39 heavy (non-hydrogen) atoms. The maximum Gasteiger partial charge on any atom is 0.259 e. The molecule has 3 aliphatic rings. The van der Waals surface area contributed by atoms with Gasteiger partial charge >= 0.3 is 0 Å². The molecule has 1 amide bonds. The summed E-state index contributed by atoms with van der Waals surface area (Å²) in [5, 5.41) is 2.89. The van der Waals surface area contributed by atoms with Crippen molar-refractivity contribution in [3.63, 3.8) is 0 Å². The molecule has 0 aliphatic carbocycles. The van der Waals surface area contributed by atoms with Crippen molar-refractivity contribution in [2.75, 3.05) is 54.4 Å². The van der Waals surface area contributed by atoms with Crippen LogP contribution < -0.4 is 19.9 Å². The predicted molar refractivity (Wildman–Crippen MR) is 149 cm³/mol. The number of nitrogens with zero attached hydrogens (tertiary/aromatic N) is 3. The highest BCUT2D eigenvalue weighted by Gasteiger charge is 2.34. The van der Waals surface area contributed by atoms with Crippen LogP contribution in [-0.2, 0) is 10.0 Å². The van der Waals surface area contributed by atoms with E-state index in [0.29, 0.717) is 62.1 Å². The van der Waals surface area contributed by atoms with Gasteiger partial charge < -0.3 is 19.9 Å². The van der Waals surface area contributed by atoms with Crippen molar-refractivity contribution < 1.29 is 22.3 Å². The minimum Gasteiger partial charge on any atom is -0.454 e. The van der Waals surface area contributed by atoms with Crippen molar-refractivity contribution in [1.82, 2.24) is 4.31 Å². The van der Waals surface area contributed by atoms with Crippen LogP contribution in [-0.4, -0.2) is 57.9 Å². The maximum absolute atomic E-state index is 14.0. The monoisotopic (exact) mass is 550 g/mol. The smallest absolute Gasteiger partial charge is 0.259 e. The lowest BCUT2D eigenvalue weighted by Gasteiger charge is -2.38. The number of hydrogen-bond donors (Lipinski definition) is 1. The Kier molecular flexibility index (Phi) is 6.68. The van der Waals surface area contributed by atoms with Crippen LogP contribution in [0.5, 0.6) is 11.5 Å². The third-order valence-electron chi connectivity index (χ3n) is 7.65. The second-order valence-electron chi connectivity index (χ2n) is 10.3. The molecule has 204 valence electrons. The third kappa shape index (κ3) is 4.94. The quantitative estimate of drug-likeness (QED) is 0.493. The van der Waals surface area contributed by atoms with E-state index in [4.69, 9.17) is 4.74 Å². The highest BCUT2D eigenvalue weighted by atomic mass is 32.2. The van der Waals surface area contributed by atoms with Crippen LogP contribution in [0.1, 0.15) is 35.2 Å². The number of ether oxygens (including phenoxy) is 1. The number of piperazine rings is 1. The normalized spacial score (nSPS) is 18.1. The number of hydrogen-bond acceptors (Lipinski definition) is 6. The predicted octanol–water partition coefficient (Wildman–Crippen LogP) is 4.99. The molecular formula is C29H31FN4O4S. The Morgan fingerprint density at radius 3 is 2.23 bits per heavy atom. The topological polar surface area (TPSA) is 82.2 Å². The Morgan fingerprint density at radius 2 is 1.51 bits per heavy atom. The van der Waals surface area contributed by atoms with E-state index < -0.39 is 15.9 Å². The molecule has 1 N–H and O–H groups in total. The summed E-state index contributed by atoms with van der Waals surface area (Å²) < 4.78 is 49.1. The van der Waals surface area contributed by atoms with Crippen LogP contribution in [0, 0.1) is 12.7 Å². The molecule has 3 aliphatic heterocycles. The fourth-order valence-electron chi connectivity index (χ4n) is 5.51. The Balaban J connectivity index is 1.39. The first-order valence-electron chi connectivity index (χ1n) is 13.3. The van der Waals surface area contributed by atoms with E-state index >= 15 is 0 Å². The summed E-state index contributed by atoms with van der Waals surface area (Å²) in [6.07, 6.45) is 2.63. The first-order chi connectivity index (χ1) is 18.8. The number of sulfonamides is 1. The van der Waals surface area contributed by atoms with Gasteiger partial charge in [-0.15, -0.1) is 0 Å². The molecule has 0 unspecified atom stereocenters. The van der Waals surface area contributed by atoms with E-state index in [9.17, 15) is 17.6 Å². The number of benzene rings is 3. The first-order valence-corrected chi connectivity index (χ1v) is 14.8. The van der Waals surface area contributed by atoms with E-state index in [1.165, 1.54) is 22.5 Å². The molecule has 0 spiro atoms. The highest BCUT2D eigenvalue weighted by molar-refractivity contribution is 7.89. The van der Waals surface area contributed by atoms with E-state index in [1.54, 1.807) is 24.3 Å². The van der Waals surface area contributed by atoms with E-state index in [2.05, 4.69) is 10.2 Å². The van der Waals surface area contributed by atoms with Crippen molar-refractivity contribution in [3.05, 3.63) is 71.5 Å². The van der Waals surface area contributed by atoms with Gasteiger partial charge in [0, 0.05) is 51.0 Å². The first kappa shape index (κ1) is 25.6. The van der Waals surface area contributed by atoms with Crippen molar-refractivity contribution in [3.8, 4) is 11.5 Å². The van der Waals surface area contributed by atoms with Gasteiger partial charge in [0.1, 0.15) is 16.5 Å². The van der Waals surface area contributed by atoms with Crippen molar-refractivity contribution in [2.45, 2.75) is 31.1 Å². The average Bonchev–Trinajstić information content (AvgIpc) is 3.08. The standard InChI is InChI=1S/C29H31FN4O4S/c1-20-5-10-26-24(17-20)31-29(35)23-18-28(39(36,37)34-11-3-2-4-12-34)25(19-27(23)38-26)33-15-13-32(14-16-33)22-8-6-21(30)7-9-22/h5-10,17-19H,2-4,11-16H2,1H3,(H,31,35). The minimum absolute atomic E-state index is 0.124. The third-order valence-corrected chi connectivity index (χ3v) is 9.58. The summed E-state index contributed by atoms with van der Waals surface area (Å²) in [5.74, 6) is 0.142. The SMILES string of the molecule is Cc1ccc2c(c1)NC(=O)c1cc(S(=O)(=O)N3CCCCC3)c(N3CCN(c4ccc(F)cc4)CC3)cc1O2. The summed E-state index contributed by atoms with van der Waals surface area (Å²) >= 11 is 0. The second-order valence-corrected chi connectivity index (χ2v) is 12.2. The number of carbonyl (C=O) groups is 1. The van der Waals surface area contributed by atoms with Gasteiger partial charge in [-0.2, -0.15) is 4.31 Å². The number of rotatable bonds is 4. The van der Waals surface area contributed by atoms with Gasteiger partial charge in [-0.25, -0.2) is 12.8 Å². The number of halogens is 1. The number of amides is 1. The lowest BCUT2D eigenvalue weighted by molar-refractivity contribution is 0.102. The van der Waals surface area contributed by atoms with E-state index in [1.807, 2.05) is 24.0 Å². The van der Waals surface area contributed by atoms with Gasteiger partial charge in [0.2, 0.25) is 10.0 Å². The fourth-order valence-corrected chi connectivity index (χ4v) is 7.24. The zero-order valence-corrected chi connectivity index (χ0v) is 22.6. The zero-order valence-electron chi connectivity index (χ0n) is 21.8. The fraction of sp³-hybridized carbons (Fsp3) is 0.345. The van der Waals surface area contributed by atoms with Gasteiger partial charge in [-0.3, -0.25) is 4.79 Å². The largest absolute Gasteiger partial charge is 0.454 e. The van der Waals surface area contributed by atoms with E-state index in [-0.39, 0.29) is 16.3 Å². The van der Waals surface area contributed by atoms with Crippen LogP contribution in [0.3, 0.4) is 0 Å². The summed E-state index contributed by atoms with van der Waals surface area (Å²) in [7, 11) is -3.85. The van der Waals surface area contributed by atoms with Crippen molar-refractivity contribution in [1.29, 1.82) is 0 Å². The Bertz CT molecular complexity index is 1510. The number of piperidine rings is 1. The lowest BCUT2D eigenvalue weighted by Crippen LogP contribution is -2.47. The minimum atomic E-state index is -3.85.